The molecule has 3 rings (SSSR count). The normalized spacial score (nSPS) is 28.0. The summed E-state index contributed by atoms with van der Waals surface area (Å²) in [7, 11) is 0. The van der Waals surface area contributed by atoms with Gasteiger partial charge in [-0.25, -0.2) is 0 Å². The summed E-state index contributed by atoms with van der Waals surface area (Å²) in [6.45, 7) is 4.13. The van der Waals surface area contributed by atoms with Gasteiger partial charge in [0.05, 0.1) is 6.10 Å². The molecular formula is C21H33N3O2. The summed E-state index contributed by atoms with van der Waals surface area (Å²) >= 11 is 0. The zero-order chi connectivity index (χ0) is 18.4. The van der Waals surface area contributed by atoms with E-state index in [2.05, 4.69) is 40.5 Å². The van der Waals surface area contributed by atoms with Crippen LogP contribution in [0.1, 0.15) is 37.7 Å². The van der Waals surface area contributed by atoms with E-state index in [1.807, 2.05) is 0 Å². The van der Waals surface area contributed by atoms with Crippen molar-refractivity contribution in [3.63, 3.8) is 0 Å². The van der Waals surface area contributed by atoms with Crippen molar-refractivity contribution >= 4 is 5.91 Å². The Hall–Kier alpha value is -1.43. The average Bonchev–Trinajstić information content (AvgIpc) is 2.68. The third-order valence-electron chi connectivity index (χ3n) is 6.06. The highest BCUT2D eigenvalue weighted by Gasteiger charge is 2.31. The maximum atomic E-state index is 12.4. The number of aliphatic hydroxyl groups excluding tert-OH is 1. The minimum Gasteiger partial charge on any atom is -0.392 e. The first-order chi connectivity index (χ1) is 12.6. The second-order valence-electron chi connectivity index (χ2n) is 8.01. The summed E-state index contributed by atoms with van der Waals surface area (Å²) in [6, 6.07) is 10.4. The molecule has 5 heteroatoms. The molecule has 3 atom stereocenters. The highest BCUT2D eigenvalue weighted by molar-refractivity contribution is 5.78. The molecule has 144 valence electrons. The summed E-state index contributed by atoms with van der Waals surface area (Å²) in [5.74, 6) is 0.674. The third-order valence-corrected chi connectivity index (χ3v) is 6.06. The van der Waals surface area contributed by atoms with Gasteiger partial charge in [0.25, 0.3) is 0 Å². The number of carbonyl (C=O) groups is 1. The fraction of sp³-hybridized carbons (Fsp3) is 0.667. The molecule has 1 saturated carbocycles. The smallest absolute Gasteiger partial charge is 0.223 e. The summed E-state index contributed by atoms with van der Waals surface area (Å²) in [6.07, 6.45) is 4.95. The van der Waals surface area contributed by atoms with E-state index in [-0.39, 0.29) is 17.9 Å². The molecule has 0 radical (unpaired) electrons. The molecule has 1 heterocycles. The summed E-state index contributed by atoms with van der Waals surface area (Å²) in [5.41, 5.74) is 7.30. The molecule has 2 fully saturated rings. The largest absolute Gasteiger partial charge is 0.392 e. The van der Waals surface area contributed by atoms with Gasteiger partial charge in [0.15, 0.2) is 0 Å². The van der Waals surface area contributed by atoms with Gasteiger partial charge in [0.1, 0.15) is 0 Å². The van der Waals surface area contributed by atoms with Crippen molar-refractivity contribution in [1.29, 1.82) is 0 Å². The van der Waals surface area contributed by atoms with E-state index in [4.69, 9.17) is 5.73 Å². The Balaban J connectivity index is 1.32. The number of hydrogen-bond acceptors (Lipinski definition) is 4. The second-order valence-corrected chi connectivity index (χ2v) is 8.01. The maximum absolute atomic E-state index is 12.4. The minimum absolute atomic E-state index is 0.0284. The molecule has 1 aliphatic heterocycles. The first-order valence-electron chi connectivity index (χ1n) is 10.1. The molecule has 0 unspecified atom stereocenters. The Morgan fingerprint density at radius 1 is 1.15 bits per heavy atom. The van der Waals surface area contributed by atoms with Crippen molar-refractivity contribution in [1.82, 2.24) is 10.2 Å². The van der Waals surface area contributed by atoms with Crippen LogP contribution in [0.25, 0.3) is 0 Å². The molecule has 0 bridgehead atoms. The number of hydrogen-bond donors (Lipinski definition) is 3. The zero-order valence-electron chi connectivity index (χ0n) is 15.6. The van der Waals surface area contributed by atoms with Gasteiger partial charge in [-0.05, 0) is 63.1 Å². The van der Waals surface area contributed by atoms with Gasteiger partial charge in [-0.2, -0.15) is 0 Å². The summed E-state index contributed by atoms with van der Waals surface area (Å²) in [5, 5.41) is 12.8. The van der Waals surface area contributed by atoms with E-state index in [0.29, 0.717) is 18.8 Å². The standard InChI is InChI=1S/C21H33N3O2/c22-19-14-18(6-7-20(19)25)21(26)23-15-17-9-12-24(13-10-17)11-8-16-4-2-1-3-5-16/h1-5,17-20,25H,6-15,22H2,(H,23,26)/t18-,19+,20+/m0/s1. The fourth-order valence-electron chi connectivity index (χ4n) is 4.16. The molecule has 1 saturated heterocycles. The van der Waals surface area contributed by atoms with Crippen molar-refractivity contribution in [3.05, 3.63) is 35.9 Å². The number of aliphatic hydroxyl groups is 1. The van der Waals surface area contributed by atoms with Crippen LogP contribution in [-0.4, -0.2) is 54.2 Å². The molecule has 0 spiro atoms. The van der Waals surface area contributed by atoms with Gasteiger partial charge in [-0.1, -0.05) is 30.3 Å². The predicted molar refractivity (Wildman–Crippen MR) is 104 cm³/mol. The zero-order valence-corrected chi connectivity index (χ0v) is 15.6. The molecule has 0 aromatic heterocycles. The fourth-order valence-corrected chi connectivity index (χ4v) is 4.16. The van der Waals surface area contributed by atoms with Crippen LogP contribution in [0.3, 0.4) is 0 Å². The first kappa shape index (κ1) is 19.3. The van der Waals surface area contributed by atoms with Crippen LogP contribution in [0.5, 0.6) is 0 Å². The Morgan fingerprint density at radius 2 is 1.88 bits per heavy atom. The van der Waals surface area contributed by atoms with Crippen LogP contribution in [0, 0.1) is 11.8 Å². The van der Waals surface area contributed by atoms with Gasteiger partial charge in [-0.15, -0.1) is 0 Å². The van der Waals surface area contributed by atoms with Crippen molar-refractivity contribution in [2.45, 2.75) is 50.7 Å². The molecule has 1 amide bonds. The van der Waals surface area contributed by atoms with Crippen LogP contribution >= 0.6 is 0 Å². The maximum Gasteiger partial charge on any atom is 0.223 e. The van der Waals surface area contributed by atoms with Gasteiger partial charge in [-0.3, -0.25) is 4.79 Å². The lowest BCUT2D eigenvalue weighted by molar-refractivity contribution is -0.127. The first-order valence-corrected chi connectivity index (χ1v) is 10.1. The number of nitrogens with one attached hydrogen (secondary N) is 1. The lowest BCUT2D eigenvalue weighted by Crippen LogP contribution is -2.46. The number of likely N-dealkylation sites (tertiary alicyclic amines) is 1. The van der Waals surface area contributed by atoms with Gasteiger partial charge in [0.2, 0.25) is 5.91 Å². The van der Waals surface area contributed by atoms with E-state index < -0.39 is 6.10 Å². The van der Waals surface area contributed by atoms with Crippen molar-refractivity contribution < 1.29 is 9.90 Å². The molecule has 1 aromatic rings. The quantitative estimate of drug-likeness (QED) is 0.720. The topological polar surface area (TPSA) is 78.6 Å². The molecule has 1 aliphatic carbocycles. The molecule has 1 aromatic carbocycles. The van der Waals surface area contributed by atoms with Crippen molar-refractivity contribution in [2.24, 2.45) is 17.6 Å². The van der Waals surface area contributed by atoms with Crippen LogP contribution < -0.4 is 11.1 Å². The summed E-state index contributed by atoms with van der Waals surface area (Å²) < 4.78 is 0. The number of nitrogens with two attached hydrogens (primary N) is 1. The second kappa shape index (κ2) is 9.49. The molecule has 26 heavy (non-hydrogen) atoms. The molecule has 4 N–H and O–H groups in total. The van der Waals surface area contributed by atoms with Gasteiger partial charge < -0.3 is 21.1 Å². The SMILES string of the molecule is N[C@@H]1C[C@@H](C(=O)NCC2CCN(CCc3ccccc3)CC2)CC[C@H]1O. The molecule has 2 aliphatic rings. The van der Waals surface area contributed by atoms with Crippen LogP contribution in [0.2, 0.25) is 0 Å². The van der Waals surface area contributed by atoms with Crippen LogP contribution in [-0.2, 0) is 11.2 Å². The number of carbonyl (C=O) groups excluding carboxylic acids is 1. The highest BCUT2D eigenvalue weighted by atomic mass is 16.3. The van der Waals surface area contributed by atoms with Crippen LogP contribution in [0.4, 0.5) is 0 Å². The van der Waals surface area contributed by atoms with Gasteiger partial charge in [0, 0.05) is 25.0 Å². The Morgan fingerprint density at radius 3 is 2.58 bits per heavy atom. The minimum atomic E-state index is -0.445. The molecular weight excluding hydrogens is 326 g/mol. The van der Waals surface area contributed by atoms with E-state index in [0.717, 1.165) is 51.9 Å². The Bertz CT molecular complexity index is 558. The predicted octanol–water partition coefficient (Wildman–Crippen LogP) is 1.55. The van der Waals surface area contributed by atoms with E-state index in [1.54, 1.807) is 0 Å². The molecule has 5 nitrogen and oxygen atoms in total. The van der Waals surface area contributed by atoms with Gasteiger partial charge >= 0.3 is 0 Å². The summed E-state index contributed by atoms with van der Waals surface area (Å²) in [4.78, 5) is 14.9. The number of piperidine rings is 1. The lowest BCUT2D eigenvalue weighted by atomic mass is 9.83. The average molecular weight is 360 g/mol. The van der Waals surface area contributed by atoms with E-state index in [9.17, 15) is 9.90 Å². The number of amides is 1. The number of benzene rings is 1. The number of nitrogens with zero attached hydrogens (tertiary/aromatic N) is 1. The highest BCUT2D eigenvalue weighted by Crippen LogP contribution is 2.24. The third kappa shape index (κ3) is 5.53. The van der Waals surface area contributed by atoms with E-state index >= 15 is 0 Å². The van der Waals surface area contributed by atoms with Crippen LogP contribution in [0.15, 0.2) is 30.3 Å². The van der Waals surface area contributed by atoms with E-state index in [1.165, 1.54) is 5.56 Å². The number of rotatable bonds is 6. The monoisotopic (exact) mass is 359 g/mol. The Labute approximate surface area is 156 Å². The Kier molecular flexibility index (Phi) is 7.06. The lowest BCUT2D eigenvalue weighted by Gasteiger charge is -2.33. The van der Waals surface area contributed by atoms with Crippen molar-refractivity contribution in [2.75, 3.05) is 26.2 Å². The van der Waals surface area contributed by atoms with Crippen molar-refractivity contribution in [3.8, 4) is 0 Å².